The summed E-state index contributed by atoms with van der Waals surface area (Å²) in [6.45, 7) is 3.23. The molecule has 1 N–H and O–H groups in total. The van der Waals surface area contributed by atoms with Crippen molar-refractivity contribution < 1.29 is 4.42 Å². The third kappa shape index (κ3) is 2.51. The van der Waals surface area contributed by atoms with Crippen LogP contribution in [0, 0.1) is 0 Å². The first-order valence-electron chi connectivity index (χ1n) is 4.70. The number of hydrogen-bond acceptors (Lipinski definition) is 3. The van der Waals surface area contributed by atoms with Crippen molar-refractivity contribution in [2.75, 3.05) is 5.75 Å². The molecule has 2 rings (SSSR count). The maximum Gasteiger partial charge on any atom is 0.0947 e. The van der Waals surface area contributed by atoms with Gasteiger partial charge < -0.3 is 9.73 Å². The Morgan fingerprint density at radius 3 is 3.23 bits per heavy atom. The molecule has 0 radical (unpaired) electrons. The van der Waals surface area contributed by atoms with Gasteiger partial charge in [0.25, 0.3) is 0 Å². The summed E-state index contributed by atoms with van der Waals surface area (Å²) in [7, 11) is 0. The number of thioether (sulfide) groups is 1. The molecule has 2 heterocycles. The quantitative estimate of drug-likeness (QED) is 0.804. The molecule has 72 valence electrons. The molecule has 0 aliphatic carbocycles. The van der Waals surface area contributed by atoms with Crippen LogP contribution in [0.15, 0.2) is 23.0 Å². The van der Waals surface area contributed by atoms with Crippen LogP contribution in [0.1, 0.15) is 18.9 Å². The summed E-state index contributed by atoms with van der Waals surface area (Å²) in [5.74, 6) is 1.25. The zero-order valence-corrected chi connectivity index (χ0v) is 8.64. The standard InChI is InChI=1S/C10H15NOS/c1-8-4-10(7-13-8)11-5-9-2-3-12-6-9/h2-3,6,8,10-11H,4-5,7H2,1H3. The van der Waals surface area contributed by atoms with Gasteiger partial charge in [0, 0.05) is 29.2 Å². The Balaban J connectivity index is 1.74. The van der Waals surface area contributed by atoms with Crippen molar-refractivity contribution in [2.45, 2.75) is 31.2 Å². The maximum atomic E-state index is 5.01. The Labute approximate surface area is 83.1 Å². The van der Waals surface area contributed by atoms with Crippen LogP contribution in [0.3, 0.4) is 0 Å². The van der Waals surface area contributed by atoms with E-state index in [9.17, 15) is 0 Å². The van der Waals surface area contributed by atoms with Crippen LogP contribution in [0.4, 0.5) is 0 Å². The zero-order chi connectivity index (χ0) is 9.10. The van der Waals surface area contributed by atoms with Crippen LogP contribution in [0.5, 0.6) is 0 Å². The normalized spacial score (nSPS) is 28.1. The van der Waals surface area contributed by atoms with E-state index in [2.05, 4.69) is 24.0 Å². The molecule has 0 spiro atoms. The van der Waals surface area contributed by atoms with Crippen LogP contribution in [0.2, 0.25) is 0 Å². The van der Waals surface area contributed by atoms with Gasteiger partial charge in [-0.3, -0.25) is 0 Å². The van der Waals surface area contributed by atoms with Gasteiger partial charge in [0.05, 0.1) is 12.5 Å². The summed E-state index contributed by atoms with van der Waals surface area (Å²) >= 11 is 2.06. The van der Waals surface area contributed by atoms with Crippen molar-refractivity contribution in [1.29, 1.82) is 0 Å². The van der Waals surface area contributed by atoms with E-state index in [1.807, 2.05) is 6.07 Å². The highest BCUT2D eigenvalue weighted by Crippen LogP contribution is 2.25. The fraction of sp³-hybridized carbons (Fsp3) is 0.600. The van der Waals surface area contributed by atoms with Crippen LogP contribution >= 0.6 is 11.8 Å². The molecule has 13 heavy (non-hydrogen) atoms. The third-order valence-electron chi connectivity index (χ3n) is 2.37. The Hall–Kier alpha value is -0.410. The van der Waals surface area contributed by atoms with Crippen molar-refractivity contribution in [2.24, 2.45) is 0 Å². The predicted molar refractivity (Wildman–Crippen MR) is 55.9 cm³/mol. The van der Waals surface area contributed by atoms with Crippen molar-refractivity contribution in [3.8, 4) is 0 Å². The van der Waals surface area contributed by atoms with Gasteiger partial charge >= 0.3 is 0 Å². The highest BCUT2D eigenvalue weighted by atomic mass is 32.2. The molecule has 0 aromatic carbocycles. The predicted octanol–water partition coefficient (Wildman–Crippen LogP) is 2.26. The molecule has 1 fully saturated rings. The first-order valence-corrected chi connectivity index (χ1v) is 5.75. The summed E-state index contributed by atoms with van der Waals surface area (Å²) in [6.07, 6.45) is 4.82. The summed E-state index contributed by atoms with van der Waals surface area (Å²) in [5, 5.41) is 4.35. The van der Waals surface area contributed by atoms with Crippen molar-refractivity contribution in [3.05, 3.63) is 24.2 Å². The molecule has 0 bridgehead atoms. The van der Waals surface area contributed by atoms with E-state index in [0.717, 1.165) is 11.8 Å². The first-order chi connectivity index (χ1) is 6.34. The monoisotopic (exact) mass is 197 g/mol. The van der Waals surface area contributed by atoms with E-state index < -0.39 is 0 Å². The van der Waals surface area contributed by atoms with Gasteiger partial charge in [0.15, 0.2) is 0 Å². The third-order valence-corrected chi connectivity index (χ3v) is 3.73. The van der Waals surface area contributed by atoms with Gasteiger partial charge in [0.1, 0.15) is 0 Å². The Morgan fingerprint density at radius 2 is 2.62 bits per heavy atom. The molecule has 3 heteroatoms. The Bertz CT molecular complexity index is 247. The van der Waals surface area contributed by atoms with Gasteiger partial charge in [-0.05, 0) is 12.5 Å². The number of hydrogen-bond donors (Lipinski definition) is 1. The fourth-order valence-electron chi connectivity index (χ4n) is 1.61. The molecule has 2 atom stereocenters. The molecule has 1 aliphatic rings. The molecule has 1 aromatic rings. The molecule has 1 aliphatic heterocycles. The SMILES string of the molecule is CC1CC(NCc2ccoc2)CS1. The topological polar surface area (TPSA) is 25.2 Å². The summed E-state index contributed by atoms with van der Waals surface area (Å²) in [6, 6.07) is 2.70. The van der Waals surface area contributed by atoms with Crippen LogP contribution in [-0.4, -0.2) is 17.0 Å². The highest BCUT2D eigenvalue weighted by molar-refractivity contribution is 8.00. The highest BCUT2D eigenvalue weighted by Gasteiger charge is 2.20. The molecule has 0 amide bonds. The molecule has 2 unspecified atom stereocenters. The van der Waals surface area contributed by atoms with E-state index in [0.29, 0.717) is 6.04 Å². The van der Waals surface area contributed by atoms with E-state index in [-0.39, 0.29) is 0 Å². The smallest absolute Gasteiger partial charge is 0.0947 e. The van der Waals surface area contributed by atoms with Crippen LogP contribution in [0.25, 0.3) is 0 Å². The second kappa shape index (κ2) is 4.20. The second-order valence-corrected chi connectivity index (χ2v) is 5.06. The molecular weight excluding hydrogens is 182 g/mol. The van der Waals surface area contributed by atoms with Crippen molar-refractivity contribution in [1.82, 2.24) is 5.32 Å². The fourth-order valence-corrected chi connectivity index (χ4v) is 2.80. The minimum absolute atomic E-state index is 0.690. The lowest BCUT2D eigenvalue weighted by Gasteiger charge is -2.09. The van der Waals surface area contributed by atoms with Gasteiger partial charge in [0.2, 0.25) is 0 Å². The van der Waals surface area contributed by atoms with E-state index in [1.54, 1.807) is 12.5 Å². The molecular formula is C10H15NOS. The summed E-state index contributed by atoms with van der Waals surface area (Å²) in [5.41, 5.74) is 1.24. The molecule has 1 saturated heterocycles. The van der Waals surface area contributed by atoms with Crippen LogP contribution < -0.4 is 5.32 Å². The minimum Gasteiger partial charge on any atom is -0.472 e. The van der Waals surface area contributed by atoms with E-state index >= 15 is 0 Å². The van der Waals surface area contributed by atoms with Crippen LogP contribution in [-0.2, 0) is 6.54 Å². The van der Waals surface area contributed by atoms with E-state index in [4.69, 9.17) is 4.42 Å². The largest absolute Gasteiger partial charge is 0.472 e. The average Bonchev–Trinajstić information content (AvgIpc) is 2.71. The molecule has 1 aromatic heterocycles. The molecule has 0 saturated carbocycles. The average molecular weight is 197 g/mol. The van der Waals surface area contributed by atoms with Gasteiger partial charge in [-0.15, -0.1) is 0 Å². The number of furan rings is 1. The summed E-state index contributed by atoms with van der Waals surface area (Å²) < 4.78 is 5.01. The summed E-state index contributed by atoms with van der Waals surface area (Å²) in [4.78, 5) is 0. The number of nitrogens with one attached hydrogen (secondary N) is 1. The lowest BCUT2D eigenvalue weighted by molar-refractivity contribution is 0.528. The lowest BCUT2D eigenvalue weighted by Crippen LogP contribution is -2.28. The Kier molecular flexibility index (Phi) is 2.96. The first kappa shape index (κ1) is 9.16. The van der Waals surface area contributed by atoms with Crippen molar-refractivity contribution >= 4 is 11.8 Å². The van der Waals surface area contributed by atoms with Gasteiger partial charge in [-0.2, -0.15) is 11.8 Å². The minimum atomic E-state index is 0.690. The second-order valence-electron chi connectivity index (χ2n) is 3.59. The van der Waals surface area contributed by atoms with E-state index in [1.165, 1.54) is 17.7 Å². The molecule has 2 nitrogen and oxygen atoms in total. The zero-order valence-electron chi connectivity index (χ0n) is 7.82. The van der Waals surface area contributed by atoms with Crippen molar-refractivity contribution in [3.63, 3.8) is 0 Å². The Morgan fingerprint density at radius 1 is 1.69 bits per heavy atom. The van der Waals surface area contributed by atoms with Gasteiger partial charge in [-0.25, -0.2) is 0 Å². The number of rotatable bonds is 3. The lowest BCUT2D eigenvalue weighted by atomic mass is 10.2. The van der Waals surface area contributed by atoms with Gasteiger partial charge in [-0.1, -0.05) is 6.92 Å². The maximum absolute atomic E-state index is 5.01.